The van der Waals surface area contributed by atoms with Gasteiger partial charge in [0, 0.05) is 6.42 Å². The fraction of sp³-hybridized carbons (Fsp3) is 0.556. The van der Waals surface area contributed by atoms with E-state index < -0.39 is 23.8 Å². The Morgan fingerprint density at radius 1 is 1.31 bits per heavy atom. The van der Waals surface area contributed by atoms with Gasteiger partial charge in [-0.05, 0) is 6.92 Å². The Morgan fingerprint density at radius 2 is 1.85 bits per heavy atom. The van der Waals surface area contributed by atoms with Crippen LogP contribution in [-0.4, -0.2) is 22.2 Å². The normalized spacial score (nSPS) is 13.7. The first-order valence-corrected chi connectivity index (χ1v) is 3.86. The van der Waals surface area contributed by atoms with E-state index in [0.29, 0.717) is 0 Å². The van der Waals surface area contributed by atoms with Gasteiger partial charge in [0.05, 0.1) is 11.8 Å². The minimum Gasteiger partial charge on any atom is -0.481 e. The first-order chi connectivity index (χ1) is 6.00. The standard InChI is InChI=1S/C9H12O4/c1-3-4-5-7(9(12)13)6(2)8(10)11/h6-7H,5H2,1-2H3,(H,10,11)(H,12,13). The third-order valence-corrected chi connectivity index (χ3v) is 1.81. The molecule has 4 nitrogen and oxygen atoms in total. The fourth-order valence-corrected chi connectivity index (χ4v) is 0.862. The highest BCUT2D eigenvalue weighted by atomic mass is 16.4. The highest BCUT2D eigenvalue weighted by Crippen LogP contribution is 2.15. The van der Waals surface area contributed by atoms with E-state index in [0.717, 1.165) is 0 Å². The summed E-state index contributed by atoms with van der Waals surface area (Å²) in [5.74, 6) is 1.06. The molecule has 0 amide bonds. The van der Waals surface area contributed by atoms with Crippen LogP contribution in [0.2, 0.25) is 0 Å². The minimum atomic E-state index is -1.11. The molecule has 0 heterocycles. The second-order valence-corrected chi connectivity index (χ2v) is 2.70. The SMILES string of the molecule is CC#CCC(C(=O)O)C(C)C(=O)O. The van der Waals surface area contributed by atoms with E-state index in [1.165, 1.54) is 6.92 Å². The van der Waals surface area contributed by atoms with Crippen molar-refractivity contribution in [2.75, 3.05) is 0 Å². The van der Waals surface area contributed by atoms with E-state index in [9.17, 15) is 9.59 Å². The summed E-state index contributed by atoms with van der Waals surface area (Å²) in [5.41, 5.74) is 0. The third kappa shape index (κ3) is 3.61. The Kier molecular flexibility index (Phi) is 4.60. The fourth-order valence-electron chi connectivity index (χ4n) is 0.862. The van der Waals surface area contributed by atoms with Crippen LogP contribution < -0.4 is 0 Å². The first-order valence-electron chi connectivity index (χ1n) is 3.86. The topological polar surface area (TPSA) is 74.6 Å². The van der Waals surface area contributed by atoms with Gasteiger partial charge in [0.25, 0.3) is 0 Å². The highest BCUT2D eigenvalue weighted by molar-refractivity contribution is 5.79. The van der Waals surface area contributed by atoms with Gasteiger partial charge in [-0.15, -0.1) is 11.8 Å². The number of carboxylic acids is 2. The Morgan fingerprint density at radius 3 is 2.15 bits per heavy atom. The maximum Gasteiger partial charge on any atom is 0.308 e. The molecule has 0 spiro atoms. The average Bonchev–Trinajstić information content (AvgIpc) is 2.04. The quantitative estimate of drug-likeness (QED) is 0.634. The van der Waals surface area contributed by atoms with Gasteiger partial charge in [0.1, 0.15) is 0 Å². The average molecular weight is 184 g/mol. The summed E-state index contributed by atoms with van der Waals surface area (Å²) in [7, 11) is 0. The van der Waals surface area contributed by atoms with Gasteiger partial charge in [0.2, 0.25) is 0 Å². The molecule has 13 heavy (non-hydrogen) atoms. The highest BCUT2D eigenvalue weighted by Gasteiger charge is 2.28. The molecule has 2 N–H and O–H groups in total. The van der Waals surface area contributed by atoms with Crippen LogP contribution in [0.3, 0.4) is 0 Å². The van der Waals surface area contributed by atoms with Crippen molar-refractivity contribution in [2.24, 2.45) is 11.8 Å². The molecular weight excluding hydrogens is 172 g/mol. The second-order valence-electron chi connectivity index (χ2n) is 2.70. The summed E-state index contributed by atoms with van der Waals surface area (Å²) in [6, 6.07) is 0. The Balaban J connectivity index is 4.47. The largest absolute Gasteiger partial charge is 0.481 e. The van der Waals surface area contributed by atoms with Crippen LogP contribution in [0.1, 0.15) is 20.3 Å². The molecule has 0 aliphatic rings. The summed E-state index contributed by atoms with van der Waals surface area (Å²) >= 11 is 0. The third-order valence-electron chi connectivity index (χ3n) is 1.81. The van der Waals surface area contributed by atoms with Gasteiger partial charge in [0.15, 0.2) is 0 Å². The Labute approximate surface area is 76.6 Å². The summed E-state index contributed by atoms with van der Waals surface area (Å²) < 4.78 is 0. The first kappa shape index (κ1) is 11.5. The Hall–Kier alpha value is -1.50. The zero-order chi connectivity index (χ0) is 10.4. The number of hydrogen-bond donors (Lipinski definition) is 2. The van der Waals surface area contributed by atoms with Gasteiger partial charge < -0.3 is 10.2 Å². The van der Waals surface area contributed by atoms with E-state index in [1.807, 2.05) is 0 Å². The van der Waals surface area contributed by atoms with Crippen molar-refractivity contribution in [1.82, 2.24) is 0 Å². The lowest BCUT2D eigenvalue weighted by Gasteiger charge is -2.12. The van der Waals surface area contributed by atoms with Crippen molar-refractivity contribution in [2.45, 2.75) is 20.3 Å². The lowest BCUT2D eigenvalue weighted by atomic mass is 9.91. The minimum absolute atomic E-state index is 0.0826. The van der Waals surface area contributed by atoms with Crippen LogP contribution in [0.4, 0.5) is 0 Å². The number of hydrogen-bond acceptors (Lipinski definition) is 2. The predicted octanol–water partition coefficient (Wildman–Crippen LogP) is 0.821. The van der Waals surface area contributed by atoms with Crippen molar-refractivity contribution >= 4 is 11.9 Å². The van der Waals surface area contributed by atoms with Gasteiger partial charge in [-0.25, -0.2) is 0 Å². The molecular formula is C9H12O4. The molecule has 0 saturated carbocycles. The number of carboxylic acid groups (broad SMARTS) is 2. The molecule has 0 rings (SSSR count). The molecule has 2 unspecified atom stereocenters. The molecule has 2 atom stereocenters. The molecule has 0 aliphatic heterocycles. The zero-order valence-corrected chi connectivity index (χ0v) is 7.57. The summed E-state index contributed by atoms with van der Waals surface area (Å²) in [5, 5.41) is 17.3. The van der Waals surface area contributed by atoms with Crippen molar-refractivity contribution in [1.29, 1.82) is 0 Å². The molecule has 0 aromatic carbocycles. The van der Waals surface area contributed by atoms with Gasteiger partial charge in [-0.3, -0.25) is 9.59 Å². The van der Waals surface area contributed by atoms with Gasteiger partial charge in [-0.1, -0.05) is 6.92 Å². The van der Waals surface area contributed by atoms with Crippen LogP contribution >= 0.6 is 0 Å². The van der Waals surface area contributed by atoms with E-state index in [4.69, 9.17) is 10.2 Å². The molecule has 4 heteroatoms. The molecule has 0 aromatic heterocycles. The van der Waals surface area contributed by atoms with Gasteiger partial charge >= 0.3 is 11.9 Å². The van der Waals surface area contributed by atoms with Crippen molar-refractivity contribution in [3.05, 3.63) is 0 Å². The smallest absolute Gasteiger partial charge is 0.308 e. The molecule has 0 aromatic rings. The second kappa shape index (κ2) is 5.20. The Bertz CT molecular complexity index is 259. The maximum atomic E-state index is 10.6. The van der Waals surface area contributed by atoms with Crippen LogP contribution in [0, 0.1) is 23.7 Å². The molecule has 0 radical (unpaired) electrons. The van der Waals surface area contributed by atoms with Crippen LogP contribution in [0.5, 0.6) is 0 Å². The van der Waals surface area contributed by atoms with E-state index in [2.05, 4.69) is 11.8 Å². The van der Waals surface area contributed by atoms with E-state index in [1.54, 1.807) is 6.92 Å². The number of aliphatic carboxylic acids is 2. The monoisotopic (exact) mass is 184 g/mol. The van der Waals surface area contributed by atoms with E-state index >= 15 is 0 Å². The van der Waals surface area contributed by atoms with Gasteiger partial charge in [-0.2, -0.15) is 0 Å². The zero-order valence-electron chi connectivity index (χ0n) is 7.57. The summed E-state index contributed by atoms with van der Waals surface area (Å²) in [6.07, 6.45) is 0.0826. The number of carbonyl (C=O) groups is 2. The molecule has 72 valence electrons. The summed E-state index contributed by atoms with van der Waals surface area (Å²) in [4.78, 5) is 21.1. The van der Waals surface area contributed by atoms with Crippen molar-refractivity contribution < 1.29 is 19.8 Å². The van der Waals surface area contributed by atoms with Crippen molar-refractivity contribution in [3.63, 3.8) is 0 Å². The van der Waals surface area contributed by atoms with Crippen LogP contribution in [0.15, 0.2) is 0 Å². The lowest BCUT2D eigenvalue weighted by molar-refractivity contribution is -0.152. The van der Waals surface area contributed by atoms with Crippen LogP contribution in [0.25, 0.3) is 0 Å². The number of rotatable bonds is 4. The molecule has 0 fully saturated rings. The van der Waals surface area contributed by atoms with Crippen LogP contribution in [-0.2, 0) is 9.59 Å². The van der Waals surface area contributed by atoms with Crippen molar-refractivity contribution in [3.8, 4) is 11.8 Å². The maximum absolute atomic E-state index is 10.6. The lowest BCUT2D eigenvalue weighted by Crippen LogP contribution is -2.27. The van der Waals surface area contributed by atoms with E-state index in [-0.39, 0.29) is 6.42 Å². The molecule has 0 saturated heterocycles. The predicted molar refractivity (Wildman–Crippen MR) is 46.0 cm³/mol. The molecule has 0 aliphatic carbocycles. The summed E-state index contributed by atoms with van der Waals surface area (Å²) in [6.45, 7) is 2.96. The molecule has 0 bridgehead atoms.